The van der Waals surface area contributed by atoms with Crippen LogP contribution >= 0.6 is 0 Å². The molecular weight excluding hydrogens is 252 g/mol. The molecule has 4 nitrogen and oxygen atoms in total. The zero-order chi connectivity index (χ0) is 13.5. The van der Waals surface area contributed by atoms with Gasteiger partial charge in [0.15, 0.2) is 0 Å². The second-order valence-corrected chi connectivity index (χ2v) is 4.89. The number of nitrogens with zero attached hydrogens (tertiary/aromatic N) is 1. The molecule has 4 heteroatoms. The van der Waals surface area contributed by atoms with Crippen molar-refractivity contribution in [2.24, 2.45) is 0 Å². The highest BCUT2D eigenvalue weighted by atomic mass is 16.5. The summed E-state index contributed by atoms with van der Waals surface area (Å²) in [6, 6.07) is 12.1. The molecule has 0 amide bonds. The third-order valence-electron chi connectivity index (χ3n) is 3.65. The van der Waals surface area contributed by atoms with E-state index in [0.29, 0.717) is 0 Å². The third kappa shape index (κ3) is 1.72. The molecule has 2 aromatic carbocycles. The number of aromatic nitrogens is 2. The molecule has 4 rings (SSSR count). The smallest absolute Gasteiger partial charge is 0.138 e. The van der Waals surface area contributed by atoms with Gasteiger partial charge in [-0.15, -0.1) is 0 Å². The molecule has 0 spiro atoms. The van der Waals surface area contributed by atoms with E-state index >= 15 is 0 Å². The lowest BCUT2D eigenvalue weighted by molar-refractivity contribution is 0.357. The molecule has 0 saturated heterocycles. The van der Waals surface area contributed by atoms with Gasteiger partial charge in [0.05, 0.1) is 24.8 Å². The lowest BCUT2D eigenvalue weighted by Crippen LogP contribution is -1.85. The zero-order valence-electron chi connectivity index (χ0n) is 11.1. The van der Waals surface area contributed by atoms with Gasteiger partial charge in [-0.1, -0.05) is 0 Å². The fourth-order valence-corrected chi connectivity index (χ4v) is 2.59. The summed E-state index contributed by atoms with van der Waals surface area (Å²) in [5.41, 5.74) is 4.26. The molecule has 1 aliphatic rings. The standard InChI is InChI=1S/C16H14N2O2/c1-19-12-3-4-13-14(9-12)18-16(17-13)11-2-5-15-10(8-11)6-7-20-15/h2-5,8-9H,6-7H2,1H3,(H,17,18). The first-order valence-corrected chi connectivity index (χ1v) is 6.63. The quantitative estimate of drug-likeness (QED) is 0.775. The molecular formula is C16H14N2O2. The fraction of sp³-hybridized carbons (Fsp3) is 0.188. The Morgan fingerprint density at radius 2 is 2.15 bits per heavy atom. The van der Waals surface area contributed by atoms with Crippen LogP contribution < -0.4 is 9.47 Å². The minimum atomic E-state index is 0.774. The molecule has 1 aliphatic heterocycles. The Morgan fingerprint density at radius 3 is 3.05 bits per heavy atom. The summed E-state index contributed by atoms with van der Waals surface area (Å²) in [5.74, 6) is 2.70. The van der Waals surface area contributed by atoms with Crippen molar-refractivity contribution in [1.29, 1.82) is 0 Å². The number of ether oxygens (including phenoxy) is 2. The number of imidazole rings is 1. The van der Waals surface area contributed by atoms with Crippen LogP contribution in [0.15, 0.2) is 36.4 Å². The number of rotatable bonds is 2. The first kappa shape index (κ1) is 11.3. The van der Waals surface area contributed by atoms with Crippen LogP contribution in [0.4, 0.5) is 0 Å². The zero-order valence-corrected chi connectivity index (χ0v) is 11.1. The first-order chi connectivity index (χ1) is 9.83. The van der Waals surface area contributed by atoms with E-state index in [9.17, 15) is 0 Å². The van der Waals surface area contributed by atoms with Gasteiger partial charge < -0.3 is 14.5 Å². The SMILES string of the molecule is COc1ccc2nc(-c3ccc4c(c3)CCO4)[nH]c2c1. The van der Waals surface area contributed by atoms with Crippen LogP contribution in [0.2, 0.25) is 0 Å². The van der Waals surface area contributed by atoms with Gasteiger partial charge >= 0.3 is 0 Å². The predicted octanol–water partition coefficient (Wildman–Crippen LogP) is 3.17. The van der Waals surface area contributed by atoms with Crippen LogP contribution in [-0.2, 0) is 6.42 Å². The molecule has 2 heterocycles. The van der Waals surface area contributed by atoms with Crippen molar-refractivity contribution in [2.45, 2.75) is 6.42 Å². The van der Waals surface area contributed by atoms with Gasteiger partial charge in [0.25, 0.3) is 0 Å². The maximum atomic E-state index is 5.53. The second kappa shape index (κ2) is 4.27. The van der Waals surface area contributed by atoms with E-state index in [2.05, 4.69) is 16.0 Å². The van der Waals surface area contributed by atoms with Crippen molar-refractivity contribution in [3.63, 3.8) is 0 Å². The van der Waals surface area contributed by atoms with E-state index in [0.717, 1.165) is 46.9 Å². The average molecular weight is 266 g/mol. The summed E-state index contributed by atoms with van der Waals surface area (Å²) in [6.45, 7) is 0.774. The van der Waals surface area contributed by atoms with Crippen molar-refractivity contribution in [1.82, 2.24) is 9.97 Å². The Labute approximate surface area is 116 Å². The van der Waals surface area contributed by atoms with Crippen molar-refractivity contribution < 1.29 is 9.47 Å². The number of aromatic amines is 1. The van der Waals surface area contributed by atoms with Gasteiger partial charge in [-0.3, -0.25) is 0 Å². The summed E-state index contributed by atoms with van der Waals surface area (Å²) in [6.07, 6.45) is 0.969. The molecule has 100 valence electrons. The normalized spacial score (nSPS) is 13.2. The fourth-order valence-electron chi connectivity index (χ4n) is 2.59. The highest BCUT2D eigenvalue weighted by Gasteiger charge is 2.14. The Balaban J connectivity index is 1.81. The van der Waals surface area contributed by atoms with Crippen LogP contribution in [-0.4, -0.2) is 23.7 Å². The topological polar surface area (TPSA) is 47.1 Å². The number of H-pyrrole nitrogens is 1. The second-order valence-electron chi connectivity index (χ2n) is 4.89. The van der Waals surface area contributed by atoms with Crippen molar-refractivity contribution in [3.8, 4) is 22.9 Å². The molecule has 1 aromatic heterocycles. The molecule has 0 fully saturated rings. The Hall–Kier alpha value is -2.49. The highest BCUT2D eigenvalue weighted by molar-refractivity contribution is 5.81. The molecule has 1 N–H and O–H groups in total. The van der Waals surface area contributed by atoms with Crippen LogP contribution in [0.3, 0.4) is 0 Å². The Morgan fingerprint density at radius 1 is 1.20 bits per heavy atom. The van der Waals surface area contributed by atoms with Crippen LogP contribution in [0.1, 0.15) is 5.56 Å². The summed E-state index contributed by atoms with van der Waals surface area (Å²) in [7, 11) is 1.67. The van der Waals surface area contributed by atoms with E-state index in [-0.39, 0.29) is 0 Å². The monoisotopic (exact) mass is 266 g/mol. The van der Waals surface area contributed by atoms with Gasteiger partial charge in [0.1, 0.15) is 17.3 Å². The lowest BCUT2D eigenvalue weighted by atomic mass is 10.1. The van der Waals surface area contributed by atoms with Crippen LogP contribution in [0.25, 0.3) is 22.4 Å². The van der Waals surface area contributed by atoms with E-state index in [1.165, 1.54) is 5.56 Å². The van der Waals surface area contributed by atoms with E-state index in [4.69, 9.17) is 9.47 Å². The van der Waals surface area contributed by atoms with Gasteiger partial charge in [-0.25, -0.2) is 4.98 Å². The molecule has 0 saturated carbocycles. The summed E-state index contributed by atoms with van der Waals surface area (Å²) in [4.78, 5) is 7.98. The third-order valence-corrected chi connectivity index (χ3v) is 3.65. The molecule has 0 atom stereocenters. The molecule has 0 radical (unpaired) electrons. The number of nitrogens with one attached hydrogen (secondary N) is 1. The summed E-state index contributed by atoms with van der Waals surface area (Å²) in [5, 5.41) is 0. The van der Waals surface area contributed by atoms with Gasteiger partial charge in [-0.05, 0) is 35.9 Å². The Bertz CT molecular complexity index is 792. The van der Waals surface area contributed by atoms with E-state index in [1.54, 1.807) is 7.11 Å². The lowest BCUT2D eigenvalue weighted by Gasteiger charge is -2.01. The largest absolute Gasteiger partial charge is 0.497 e. The molecule has 0 bridgehead atoms. The van der Waals surface area contributed by atoms with Crippen LogP contribution in [0, 0.1) is 0 Å². The maximum absolute atomic E-state index is 5.53. The maximum Gasteiger partial charge on any atom is 0.138 e. The number of methoxy groups -OCH3 is 1. The molecule has 0 aliphatic carbocycles. The van der Waals surface area contributed by atoms with Crippen molar-refractivity contribution in [2.75, 3.05) is 13.7 Å². The highest BCUT2D eigenvalue weighted by Crippen LogP contribution is 2.30. The number of hydrogen-bond donors (Lipinski definition) is 1. The minimum absolute atomic E-state index is 0.774. The predicted molar refractivity (Wildman–Crippen MR) is 77.3 cm³/mol. The Kier molecular flexibility index (Phi) is 2.42. The van der Waals surface area contributed by atoms with Crippen molar-refractivity contribution >= 4 is 11.0 Å². The number of benzene rings is 2. The number of hydrogen-bond acceptors (Lipinski definition) is 3. The van der Waals surface area contributed by atoms with Crippen molar-refractivity contribution in [3.05, 3.63) is 42.0 Å². The van der Waals surface area contributed by atoms with Gasteiger partial charge in [-0.2, -0.15) is 0 Å². The number of fused-ring (bicyclic) bond motifs is 2. The summed E-state index contributed by atoms with van der Waals surface area (Å²) < 4.78 is 10.8. The summed E-state index contributed by atoms with van der Waals surface area (Å²) >= 11 is 0. The minimum Gasteiger partial charge on any atom is -0.497 e. The van der Waals surface area contributed by atoms with Gasteiger partial charge in [0, 0.05) is 18.1 Å². The molecule has 20 heavy (non-hydrogen) atoms. The molecule has 3 aromatic rings. The average Bonchev–Trinajstić information content (AvgIpc) is 3.11. The van der Waals surface area contributed by atoms with E-state index < -0.39 is 0 Å². The van der Waals surface area contributed by atoms with Gasteiger partial charge in [0.2, 0.25) is 0 Å². The molecule has 0 unspecified atom stereocenters. The van der Waals surface area contributed by atoms with E-state index in [1.807, 2.05) is 30.3 Å². The van der Waals surface area contributed by atoms with Crippen LogP contribution in [0.5, 0.6) is 11.5 Å². The first-order valence-electron chi connectivity index (χ1n) is 6.63.